The Bertz CT molecular complexity index is 1170. The van der Waals surface area contributed by atoms with Crippen LogP contribution in [-0.4, -0.2) is 18.0 Å². The lowest BCUT2D eigenvalue weighted by atomic mass is 10.1. The topological polar surface area (TPSA) is 64.0 Å². The second-order valence-electron chi connectivity index (χ2n) is 6.77. The Labute approximate surface area is 170 Å². The molecule has 0 fully saturated rings. The summed E-state index contributed by atoms with van der Waals surface area (Å²) in [5.41, 5.74) is 4.04. The molecule has 3 aromatic carbocycles. The second kappa shape index (κ2) is 8.43. The highest BCUT2D eigenvalue weighted by atomic mass is 32.2. The van der Waals surface area contributed by atoms with Gasteiger partial charge in [-0.2, -0.15) is 0 Å². The fraction of sp³-hybridized carbons (Fsp3) is 0.0870. The van der Waals surface area contributed by atoms with Crippen molar-refractivity contribution in [3.63, 3.8) is 0 Å². The summed E-state index contributed by atoms with van der Waals surface area (Å²) in [4.78, 5) is 4.30. The Hall–Kier alpha value is -3.22. The molecule has 0 aliphatic carbocycles. The summed E-state index contributed by atoms with van der Waals surface area (Å²) in [6, 6.07) is 24.7. The highest BCUT2D eigenvalue weighted by Crippen LogP contribution is 2.21. The van der Waals surface area contributed by atoms with Crippen LogP contribution in [0.3, 0.4) is 0 Å². The summed E-state index contributed by atoms with van der Waals surface area (Å²) in [6.45, 7) is 0.933. The minimum Gasteiger partial charge on any atom is -0.333 e. The summed E-state index contributed by atoms with van der Waals surface area (Å²) < 4.78 is 30.0. The number of nitrogens with one attached hydrogen (secondary N) is 1. The summed E-state index contributed by atoms with van der Waals surface area (Å²) in [7, 11) is -3.59. The van der Waals surface area contributed by atoms with Gasteiger partial charge in [0.05, 0.1) is 11.2 Å². The molecule has 29 heavy (non-hydrogen) atoms. The van der Waals surface area contributed by atoms with Crippen LogP contribution in [0.1, 0.15) is 11.1 Å². The molecule has 0 saturated heterocycles. The van der Waals surface area contributed by atoms with Crippen LogP contribution in [0.2, 0.25) is 0 Å². The van der Waals surface area contributed by atoms with Crippen molar-refractivity contribution in [2.45, 2.75) is 18.0 Å². The minimum absolute atomic E-state index is 0.237. The average Bonchev–Trinajstić information content (AvgIpc) is 3.26. The van der Waals surface area contributed by atoms with E-state index >= 15 is 0 Å². The Morgan fingerprint density at radius 1 is 0.828 bits per heavy atom. The van der Waals surface area contributed by atoms with Crippen molar-refractivity contribution in [2.24, 2.45) is 0 Å². The lowest BCUT2D eigenvalue weighted by Crippen LogP contribution is -2.23. The maximum Gasteiger partial charge on any atom is 0.240 e. The quantitative estimate of drug-likeness (QED) is 0.506. The van der Waals surface area contributed by atoms with Gasteiger partial charge < -0.3 is 4.57 Å². The van der Waals surface area contributed by atoms with E-state index in [9.17, 15) is 8.42 Å². The first kappa shape index (κ1) is 19.1. The van der Waals surface area contributed by atoms with Crippen molar-refractivity contribution in [1.82, 2.24) is 14.3 Å². The molecule has 1 N–H and O–H groups in total. The predicted octanol–water partition coefficient (Wildman–Crippen LogP) is 4.08. The van der Waals surface area contributed by atoms with Gasteiger partial charge in [0.15, 0.2) is 0 Å². The number of imidazole rings is 1. The summed E-state index contributed by atoms with van der Waals surface area (Å²) in [5, 5.41) is 0. The molecule has 0 amide bonds. The summed E-state index contributed by atoms with van der Waals surface area (Å²) in [5.74, 6) is 0. The number of rotatable bonds is 7. The third kappa shape index (κ3) is 4.80. The van der Waals surface area contributed by atoms with Crippen molar-refractivity contribution in [2.75, 3.05) is 0 Å². The molecule has 4 rings (SSSR count). The van der Waals surface area contributed by atoms with Gasteiger partial charge in [0.25, 0.3) is 0 Å². The monoisotopic (exact) mass is 403 g/mol. The Morgan fingerprint density at radius 3 is 2.28 bits per heavy atom. The van der Waals surface area contributed by atoms with Crippen LogP contribution in [0, 0.1) is 0 Å². The van der Waals surface area contributed by atoms with E-state index in [0.29, 0.717) is 6.54 Å². The standard InChI is InChI=1S/C23H21N3O2S/c27-29(28,23-11-9-22(10-12-23)21-7-2-1-3-8-21)25-16-19-5-4-6-20(15-19)17-26-14-13-24-18-26/h1-15,18,25H,16-17H2. The van der Waals surface area contributed by atoms with E-state index in [1.165, 1.54) is 0 Å². The SMILES string of the molecule is O=S(=O)(NCc1cccc(Cn2ccnc2)c1)c1ccc(-c2ccccc2)cc1. The molecule has 5 nitrogen and oxygen atoms in total. The molecule has 0 spiro atoms. The molecule has 0 radical (unpaired) electrons. The first-order valence-electron chi connectivity index (χ1n) is 9.29. The predicted molar refractivity (Wildman–Crippen MR) is 114 cm³/mol. The maximum atomic E-state index is 12.7. The van der Waals surface area contributed by atoms with Crippen LogP contribution in [0.4, 0.5) is 0 Å². The van der Waals surface area contributed by atoms with Gasteiger partial charge in [0.2, 0.25) is 10.0 Å². The molecule has 146 valence electrons. The molecule has 0 bridgehead atoms. The average molecular weight is 404 g/mol. The van der Waals surface area contributed by atoms with Crippen LogP contribution in [0.15, 0.2) is 102 Å². The van der Waals surface area contributed by atoms with Crippen LogP contribution in [0.5, 0.6) is 0 Å². The van der Waals surface area contributed by atoms with E-state index in [-0.39, 0.29) is 11.4 Å². The third-order valence-corrected chi connectivity index (χ3v) is 6.07. The third-order valence-electron chi connectivity index (χ3n) is 4.65. The second-order valence-corrected chi connectivity index (χ2v) is 8.54. The van der Waals surface area contributed by atoms with E-state index in [1.54, 1.807) is 24.7 Å². The molecular formula is C23H21N3O2S. The van der Waals surface area contributed by atoms with Crippen LogP contribution in [-0.2, 0) is 23.1 Å². The van der Waals surface area contributed by atoms with Crippen molar-refractivity contribution >= 4 is 10.0 Å². The normalized spacial score (nSPS) is 11.4. The number of nitrogens with zero attached hydrogens (tertiary/aromatic N) is 2. The number of hydrogen-bond donors (Lipinski definition) is 1. The van der Waals surface area contributed by atoms with Crippen molar-refractivity contribution in [3.8, 4) is 11.1 Å². The molecule has 6 heteroatoms. The Morgan fingerprint density at radius 2 is 1.55 bits per heavy atom. The number of benzene rings is 3. The number of aromatic nitrogens is 2. The van der Waals surface area contributed by atoms with E-state index in [4.69, 9.17) is 0 Å². The zero-order valence-corrected chi connectivity index (χ0v) is 16.6. The summed E-state index contributed by atoms with van der Waals surface area (Å²) in [6.07, 6.45) is 5.39. The first-order valence-corrected chi connectivity index (χ1v) is 10.8. The fourth-order valence-corrected chi connectivity index (χ4v) is 4.17. The van der Waals surface area contributed by atoms with Gasteiger partial charge >= 0.3 is 0 Å². The van der Waals surface area contributed by atoms with Crippen molar-refractivity contribution in [1.29, 1.82) is 0 Å². The van der Waals surface area contributed by atoms with Gasteiger partial charge in [-0.25, -0.2) is 18.1 Å². The van der Waals surface area contributed by atoms with Gasteiger partial charge in [-0.1, -0.05) is 66.7 Å². The van der Waals surface area contributed by atoms with Gasteiger partial charge in [0.1, 0.15) is 0 Å². The number of hydrogen-bond acceptors (Lipinski definition) is 3. The van der Waals surface area contributed by atoms with Crippen LogP contribution >= 0.6 is 0 Å². The lowest BCUT2D eigenvalue weighted by molar-refractivity contribution is 0.581. The zero-order chi connectivity index (χ0) is 20.1. The number of sulfonamides is 1. The van der Waals surface area contributed by atoms with E-state index in [1.807, 2.05) is 77.5 Å². The molecule has 0 aliphatic heterocycles. The highest BCUT2D eigenvalue weighted by molar-refractivity contribution is 7.89. The minimum atomic E-state index is -3.59. The van der Waals surface area contributed by atoms with E-state index in [0.717, 1.165) is 22.3 Å². The molecule has 0 atom stereocenters. The Balaban J connectivity index is 1.44. The summed E-state index contributed by atoms with van der Waals surface area (Å²) >= 11 is 0. The largest absolute Gasteiger partial charge is 0.333 e. The van der Waals surface area contributed by atoms with Gasteiger partial charge in [-0.05, 0) is 34.4 Å². The highest BCUT2D eigenvalue weighted by Gasteiger charge is 2.14. The molecule has 0 unspecified atom stereocenters. The van der Waals surface area contributed by atoms with E-state index in [2.05, 4.69) is 9.71 Å². The smallest absolute Gasteiger partial charge is 0.240 e. The van der Waals surface area contributed by atoms with Gasteiger partial charge in [-0.3, -0.25) is 0 Å². The fourth-order valence-electron chi connectivity index (χ4n) is 3.15. The molecule has 0 aliphatic rings. The van der Waals surface area contributed by atoms with Gasteiger partial charge in [-0.15, -0.1) is 0 Å². The molecule has 0 saturated carbocycles. The maximum absolute atomic E-state index is 12.7. The lowest BCUT2D eigenvalue weighted by Gasteiger charge is -2.10. The van der Waals surface area contributed by atoms with Gasteiger partial charge in [0, 0.05) is 25.5 Å². The molecule has 1 heterocycles. The molecule has 1 aromatic heterocycles. The first-order chi connectivity index (χ1) is 14.1. The van der Waals surface area contributed by atoms with Crippen LogP contribution < -0.4 is 4.72 Å². The van der Waals surface area contributed by atoms with E-state index < -0.39 is 10.0 Å². The Kier molecular flexibility index (Phi) is 5.55. The van der Waals surface area contributed by atoms with Crippen molar-refractivity contribution < 1.29 is 8.42 Å². The molecule has 4 aromatic rings. The zero-order valence-electron chi connectivity index (χ0n) is 15.8. The van der Waals surface area contributed by atoms with Crippen molar-refractivity contribution in [3.05, 3.63) is 109 Å². The molecular weight excluding hydrogens is 382 g/mol. The van der Waals surface area contributed by atoms with Crippen LogP contribution in [0.25, 0.3) is 11.1 Å².